The van der Waals surface area contributed by atoms with Gasteiger partial charge in [0.1, 0.15) is 5.82 Å². The maximum Gasteiger partial charge on any atom is 0.145 e. The Morgan fingerprint density at radius 1 is 1.17 bits per heavy atom. The van der Waals surface area contributed by atoms with Crippen LogP contribution in [0.2, 0.25) is 0 Å². The average Bonchev–Trinajstić information content (AvgIpc) is 2.98. The number of benzene rings is 1. The number of rotatable bonds is 3. The first-order valence-corrected chi connectivity index (χ1v) is 8.48. The van der Waals surface area contributed by atoms with Crippen LogP contribution in [0.5, 0.6) is 0 Å². The molecule has 0 bridgehead atoms. The summed E-state index contributed by atoms with van der Waals surface area (Å²) in [5.41, 5.74) is 9.93. The van der Waals surface area contributed by atoms with Gasteiger partial charge in [0.15, 0.2) is 0 Å². The minimum Gasteiger partial charge on any atom is -0.366 e. The first-order valence-electron chi connectivity index (χ1n) is 8.48. The van der Waals surface area contributed by atoms with E-state index in [2.05, 4.69) is 26.6 Å². The minimum absolute atomic E-state index is 0.352. The van der Waals surface area contributed by atoms with Crippen molar-refractivity contribution in [3.63, 3.8) is 0 Å². The quantitative estimate of drug-likeness (QED) is 0.689. The second kappa shape index (κ2) is 6.20. The molecule has 6 heteroatoms. The fourth-order valence-electron chi connectivity index (χ4n) is 3.35. The number of anilines is 1. The van der Waals surface area contributed by atoms with Crippen LogP contribution in [0.4, 0.5) is 5.82 Å². The van der Waals surface area contributed by atoms with Crippen LogP contribution in [0.15, 0.2) is 30.6 Å². The van der Waals surface area contributed by atoms with Crippen molar-refractivity contribution in [2.75, 3.05) is 5.32 Å². The molecule has 24 heavy (non-hydrogen) atoms. The summed E-state index contributed by atoms with van der Waals surface area (Å²) in [5.74, 6) is 0.831. The molecule has 0 atom stereocenters. The Kier molecular flexibility index (Phi) is 3.90. The van der Waals surface area contributed by atoms with Gasteiger partial charge in [-0.15, -0.1) is 0 Å². The van der Waals surface area contributed by atoms with Gasteiger partial charge in [-0.05, 0) is 44.7 Å². The third kappa shape index (κ3) is 2.97. The molecule has 0 aliphatic heterocycles. The summed E-state index contributed by atoms with van der Waals surface area (Å²) in [7, 11) is 0. The molecule has 6 nitrogen and oxygen atoms in total. The van der Waals surface area contributed by atoms with Crippen LogP contribution in [-0.4, -0.2) is 32.2 Å². The number of hydrogen-bond acceptors (Lipinski definition) is 5. The number of aryl methyl sites for hydroxylation is 1. The summed E-state index contributed by atoms with van der Waals surface area (Å²) in [6.07, 6.45) is 7.92. The van der Waals surface area contributed by atoms with Crippen LogP contribution in [0.25, 0.3) is 22.2 Å². The largest absolute Gasteiger partial charge is 0.366 e. The van der Waals surface area contributed by atoms with Crippen molar-refractivity contribution in [2.45, 2.75) is 44.7 Å². The Labute approximate surface area is 140 Å². The van der Waals surface area contributed by atoms with Gasteiger partial charge in [-0.3, -0.25) is 10.1 Å². The van der Waals surface area contributed by atoms with Gasteiger partial charge in [-0.25, -0.2) is 4.98 Å². The molecule has 0 unspecified atom stereocenters. The van der Waals surface area contributed by atoms with Crippen molar-refractivity contribution in [3.8, 4) is 11.3 Å². The smallest absolute Gasteiger partial charge is 0.145 e. The number of nitrogens with one attached hydrogen (secondary N) is 2. The summed E-state index contributed by atoms with van der Waals surface area (Å²) in [5, 5.41) is 11.9. The second-order valence-corrected chi connectivity index (χ2v) is 6.61. The molecule has 4 rings (SSSR count). The highest BCUT2D eigenvalue weighted by Gasteiger charge is 2.18. The molecule has 124 valence electrons. The molecule has 1 aliphatic rings. The SMILES string of the molecule is Cc1n[nH]c2ccc(-c3cncc(N[C@H]4CC[C@@H](N)CC4)n3)cc12. The van der Waals surface area contributed by atoms with E-state index in [0.717, 1.165) is 59.4 Å². The number of aromatic amines is 1. The van der Waals surface area contributed by atoms with E-state index >= 15 is 0 Å². The molecule has 1 aromatic carbocycles. The molecule has 4 N–H and O–H groups in total. The zero-order valence-electron chi connectivity index (χ0n) is 13.8. The van der Waals surface area contributed by atoms with E-state index in [4.69, 9.17) is 10.7 Å². The zero-order valence-corrected chi connectivity index (χ0v) is 13.8. The van der Waals surface area contributed by atoms with Gasteiger partial charge in [-0.2, -0.15) is 5.10 Å². The Balaban J connectivity index is 1.58. The predicted molar refractivity (Wildman–Crippen MR) is 95.7 cm³/mol. The van der Waals surface area contributed by atoms with Crippen LogP contribution in [0.1, 0.15) is 31.4 Å². The summed E-state index contributed by atoms with van der Waals surface area (Å²) >= 11 is 0. The summed E-state index contributed by atoms with van der Waals surface area (Å²) in [6, 6.07) is 6.99. The molecule has 1 aliphatic carbocycles. The van der Waals surface area contributed by atoms with E-state index < -0.39 is 0 Å². The lowest BCUT2D eigenvalue weighted by Gasteiger charge is -2.27. The molecule has 0 amide bonds. The van der Waals surface area contributed by atoms with Crippen molar-refractivity contribution in [1.82, 2.24) is 20.2 Å². The lowest BCUT2D eigenvalue weighted by atomic mass is 9.92. The van der Waals surface area contributed by atoms with Gasteiger partial charge < -0.3 is 11.1 Å². The lowest BCUT2D eigenvalue weighted by Crippen LogP contribution is -2.33. The Bertz CT molecular complexity index is 848. The van der Waals surface area contributed by atoms with Gasteiger partial charge in [0.25, 0.3) is 0 Å². The number of fused-ring (bicyclic) bond motifs is 1. The third-order valence-electron chi connectivity index (χ3n) is 4.81. The summed E-state index contributed by atoms with van der Waals surface area (Å²) in [4.78, 5) is 9.10. The van der Waals surface area contributed by atoms with E-state index in [1.807, 2.05) is 19.1 Å². The predicted octanol–water partition coefficient (Wildman–Crippen LogP) is 3.01. The minimum atomic E-state index is 0.352. The highest BCUT2D eigenvalue weighted by molar-refractivity contribution is 5.85. The topological polar surface area (TPSA) is 92.5 Å². The number of nitrogens with zero attached hydrogens (tertiary/aromatic N) is 3. The molecule has 0 saturated heterocycles. The molecule has 0 spiro atoms. The van der Waals surface area contributed by atoms with Gasteiger partial charge in [0, 0.05) is 23.0 Å². The van der Waals surface area contributed by atoms with E-state index in [9.17, 15) is 0 Å². The molecular weight excluding hydrogens is 300 g/mol. The first-order chi connectivity index (χ1) is 11.7. The summed E-state index contributed by atoms with van der Waals surface area (Å²) < 4.78 is 0. The maximum absolute atomic E-state index is 5.98. The van der Waals surface area contributed by atoms with Crippen LogP contribution >= 0.6 is 0 Å². The maximum atomic E-state index is 5.98. The molecule has 1 fully saturated rings. The highest BCUT2D eigenvalue weighted by Crippen LogP contribution is 2.25. The van der Waals surface area contributed by atoms with E-state index in [1.165, 1.54) is 0 Å². The Morgan fingerprint density at radius 3 is 2.83 bits per heavy atom. The normalized spacial score (nSPS) is 21.1. The number of aromatic nitrogens is 4. The van der Waals surface area contributed by atoms with Gasteiger partial charge in [-0.1, -0.05) is 6.07 Å². The van der Waals surface area contributed by atoms with Crippen molar-refractivity contribution in [3.05, 3.63) is 36.3 Å². The average molecular weight is 322 g/mol. The molecule has 2 aromatic heterocycles. The van der Waals surface area contributed by atoms with Crippen LogP contribution in [0.3, 0.4) is 0 Å². The highest BCUT2D eigenvalue weighted by atomic mass is 15.1. The first kappa shape index (κ1) is 15.1. The van der Waals surface area contributed by atoms with E-state index in [0.29, 0.717) is 12.1 Å². The lowest BCUT2D eigenvalue weighted by molar-refractivity contribution is 0.410. The third-order valence-corrected chi connectivity index (χ3v) is 4.81. The van der Waals surface area contributed by atoms with Crippen molar-refractivity contribution in [2.24, 2.45) is 5.73 Å². The van der Waals surface area contributed by atoms with Gasteiger partial charge >= 0.3 is 0 Å². The Morgan fingerprint density at radius 2 is 2.00 bits per heavy atom. The van der Waals surface area contributed by atoms with E-state index in [1.54, 1.807) is 12.4 Å². The fourth-order valence-corrected chi connectivity index (χ4v) is 3.35. The molecule has 0 radical (unpaired) electrons. The number of H-pyrrole nitrogens is 1. The number of hydrogen-bond donors (Lipinski definition) is 3. The van der Waals surface area contributed by atoms with Gasteiger partial charge in [0.2, 0.25) is 0 Å². The van der Waals surface area contributed by atoms with Crippen molar-refractivity contribution in [1.29, 1.82) is 0 Å². The molecule has 2 heterocycles. The standard InChI is InChI=1S/C18H22N6/c1-11-15-8-12(2-7-16(15)24-23-11)17-9-20-10-18(22-17)21-14-5-3-13(19)4-6-14/h2,7-10,13-14H,3-6,19H2,1H3,(H,21,22)(H,23,24)/t13-,14+. The van der Waals surface area contributed by atoms with Crippen LogP contribution in [-0.2, 0) is 0 Å². The fraction of sp³-hybridized carbons (Fsp3) is 0.389. The monoisotopic (exact) mass is 322 g/mol. The number of nitrogens with two attached hydrogens (primary N) is 1. The van der Waals surface area contributed by atoms with Crippen LogP contribution in [0, 0.1) is 6.92 Å². The molecule has 1 saturated carbocycles. The summed E-state index contributed by atoms with van der Waals surface area (Å²) in [6.45, 7) is 2.00. The van der Waals surface area contributed by atoms with Crippen LogP contribution < -0.4 is 11.1 Å². The van der Waals surface area contributed by atoms with Gasteiger partial charge in [0.05, 0.1) is 29.3 Å². The van der Waals surface area contributed by atoms with E-state index in [-0.39, 0.29) is 0 Å². The second-order valence-electron chi connectivity index (χ2n) is 6.61. The zero-order chi connectivity index (χ0) is 16.5. The van der Waals surface area contributed by atoms with Crippen molar-refractivity contribution < 1.29 is 0 Å². The Hall–Kier alpha value is -2.47. The van der Waals surface area contributed by atoms with Crippen molar-refractivity contribution >= 4 is 16.7 Å². The molecular formula is C18H22N6. The molecule has 3 aromatic rings.